The van der Waals surface area contributed by atoms with Crippen molar-refractivity contribution in [2.75, 3.05) is 19.0 Å². The van der Waals surface area contributed by atoms with Crippen molar-refractivity contribution in [2.45, 2.75) is 34.3 Å². The minimum atomic E-state index is 0.484. The summed E-state index contributed by atoms with van der Waals surface area (Å²) in [7, 11) is 1.68. The summed E-state index contributed by atoms with van der Waals surface area (Å²) >= 11 is 0. The highest BCUT2D eigenvalue weighted by molar-refractivity contribution is 5.64. The number of benzene rings is 1. The molecule has 0 saturated heterocycles. The third-order valence-electron chi connectivity index (χ3n) is 3.51. The number of hydrogen-bond donors (Lipinski definition) is 1. The first-order chi connectivity index (χ1) is 10.0. The van der Waals surface area contributed by atoms with Gasteiger partial charge >= 0.3 is 0 Å². The predicted molar refractivity (Wildman–Crippen MR) is 86.6 cm³/mol. The maximum Gasteiger partial charge on any atom is 0.162 e. The van der Waals surface area contributed by atoms with Crippen LogP contribution in [-0.4, -0.2) is 23.6 Å². The molecule has 1 aromatic carbocycles. The van der Waals surface area contributed by atoms with E-state index in [0.717, 1.165) is 29.4 Å². The predicted octanol–water partition coefficient (Wildman–Crippen LogP) is 3.65. The number of anilines is 1. The van der Waals surface area contributed by atoms with Gasteiger partial charge in [0.05, 0.1) is 12.3 Å². The van der Waals surface area contributed by atoms with E-state index in [1.54, 1.807) is 7.11 Å². The van der Waals surface area contributed by atoms with Crippen LogP contribution in [0.4, 0.5) is 5.82 Å². The monoisotopic (exact) mass is 285 g/mol. The second-order valence-corrected chi connectivity index (χ2v) is 5.28. The molecule has 0 atom stereocenters. The van der Waals surface area contributed by atoms with Crippen LogP contribution >= 0.6 is 0 Å². The molecule has 112 valence electrons. The fraction of sp³-hybridized carbons (Fsp3) is 0.412. The third kappa shape index (κ3) is 3.58. The Morgan fingerprint density at radius 3 is 2.38 bits per heavy atom. The molecule has 1 aromatic heterocycles. The molecule has 21 heavy (non-hydrogen) atoms. The van der Waals surface area contributed by atoms with E-state index in [9.17, 15) is 0 Å². The Kier molecular flexibility index (Phi) is 4.91. The topological polar surface area (TPSA) is 47.0 Å². The standard InChI is InChI=1S/C17H23N3O/c1-6-18-16-9-14(10-21-5)19-17(20-16)15-8-12(3)11(2)7-13(15)4/h7-9H,6,10H2,1-5H3,(H,18,19,20). The number of methoxy groups -OCH3 is 1. The van der Waals surface area contributed by atoms with Crippen molar-refractivity contribution in [2.24, 2.45) is 0 Å². The molecule has 0 unspecified atom stereocenters. The maximum atomic E-state index is 5.21. The van der Waals surface area contributed by atoms with Gasteiger partial charge in [-0.25, -0.2) is 9.97 Å². The van der Waals surface area contributed by atoms with E-state index in [1.165, 1.54) is 16.7 Å². The zero-order valence-corrected chi connectivity index (χ0v) is 13.4. The summed E-state index contributed by atoms with van der Waals surface area (Å²) in [4.78, 5) is 9.26. The fourth-order valence-corrected chi connectivity index (χ4v) is 2.31. The summed E-state index contributed by atoms with van der Waals surface area (Å²) in [6.07, 6.45) is 0. The van der Waals surface area contributed by atoms with E-state index in [-0.39, 0.29) is 0 Å². The van der Waals surface area contributed by atoms with Gasteiger partial charge in [0, 0.05) is 25.3 Å². The summed E-state index contributed by atoms with van der Waals surface area (Å²) in [5, 5.41) is 3.26. The van der Waals surface area contributed by atoms with Crippen molar-refractivity contribution >= 4 is 5.82 Å². The van der Waals surface area contributed by atoms with E-state index in [1.807, 2.05) is 6.07 Å². The van der Waals surface area contributed by atoms with Crippen molar-refractivity contribution < 1.29 is 4.74 Å². The molecule has 1 heterocycles. The van der Waals surface area contributed by atoms with Gasteiger partial charge in [0.1, 0.15) is 5.82 Å². The summed E-state index contributed by atoms with van der Waals surface area (Å²) in [5.41, 5.74) is 5.69. The van der Waals surface area contributed by atoms with E-state index in [4.69, 9.17) is 4.74 Å². The van der Waals surface area contributed by atoms with Crippen LogP contribution in [0, 0.1) is 20.8 Å². The Morgan fingerprint density at radius 2 is 1.71 bits per heavy atom. The third-order valence-corrected chi connectivity index (χ3v) is 3.51. The molecule has 0 amide bonds. The first-order valence-electron chi connectivity index (χ1n) is 7.24. The van der Waals surface area contributed by atoms with E-state index in [0.29, 0.717) is 6.61 Å². The molecule has 0 bridgehead atoms. The van der Waals surface area contributed by atoms with Gasteiger partial charge in [0.2, 0.25) is 0 Å². The SMILES string of the molecule is CCNc1cc(COC)nc(-c2cc(C)c(C)cc2C)n1. The van der Waals surface area contributed by atoms with Gasteiger partial charge in [0.25, 0.3) is 0 Å². The van der Waals surface area contributed by atoms with Crippen molar-refractivity contribution in [3.8, 4) is 11.4 Å². The number of rotatable bonds is 5. The maximum absolute atomic E-state index is 5.21. The minimum absolute atomic E-state index is 0.484. The summed E-state index contributed by atoms with van der Waals surface area (Å²) in [6.45, 7) is 9.70. The zero-order chi connectivity index (χ0) is 15.4. The Labute approximate surface area is 126 Å². The molecule has 0 aliphatic carbocycles. The molecule has 4 heteroatoms. The lowest BCUT2D eigenvalue weighted by Crippen LogP contribution is -2.05. The normalized spacial score (nSPS) is 10.7. The first kappa shape index (κ1) is 15.4. The van der Waals surface area contributed by atoms with Gasteiger partial charge in [-0.05, 0) is 50.5 Å². The Morgan fingerprint density at radius 1 is 1.00 bits per heavy atom. The van der Waals surface area contributed by atoms with Crippen molar-refractivity contribution in [1.82, 2.24) is 9.97 Å². The van der Waals surface area contributed by atoms with Gasteiger partial charge in [-0.15, -0.1) is 0 Å². The number of nitrogens with one attached hydrogen (secondary N) is 1. The summed E-state index contributed by atoms with van der Waals surface area (Å²) in [5.74, 6) is 1.59. The van der Waals surface area contributed by atoms with Crippen LogP contribution in [0.25, 0.3) is 11.4 Å². The van der Waals surface area contributed by atoms with Crippen LogP contribution in [0.2, 0.25) is 0 Å². The van der Waals surface area contributed by atoms with Crippen LogP contribution < -0.4 is 5.32 Å². The number of nitrogens with zero attached hydrogens (tertiary/aromatic N) is 2. The highest BCUT2D eigenvalue weighted by Crippen LogP contribution is 2.25. The van der Waals surface area contributed by atoms with Crippen molar-refractivity contribution in [3.63, 3.8) is 0 Å². The summed E-state index contributed by atoms with van der Waals surface area (Å²) in [6, 6.07) is 6.28. The minimum Gasteiger partial charge on any atom is -0.378 e. The largest absolute Gasteiger partial charge is 0.378 e. The Hall–Kier alpha value is -1.94. The Bertz CT molecular complexity index is 614. The quantitative estimate of drug-likeness (QED) is 0.911. The average molecular weight is 285 g/mol. The molecular weight excluding hydrogens is 262 g/mol. The second kappa shape index (κ2) is 6.68. The second-order valence-electron chi connectivity index (χ2n) is 5.28. The molecule has 0 radical (unpaired) electrons. The molecule has 0 spiro atoms. The van der Waals surface area contributed by atoms with Crippen molar-refractivity contribution in [3.05, 3.63) is 40.6 Å². The van der Waals surface area contributed by atoms with Gasteiger partial charge in [0.15, 0.2) is 5.82 Å². The molecule has 2 rings (SSSR count). The smallest absolute Gasteiger partial charge is 0.162 e. The zero-order valence-electron chi connectivity index (χ0n) is 13.4. The highest BCUT2D eigenvalue weighted by atomic mass is 16.5. The molecular formula is C17H23N3O. The van der Waals surface area contributed by atoms with Crippen LogP contribution in [-0.2, 0) is 11.3 Å². The van der Waals surface area contributed by atoms with Crippen LogP contribution in [0.3, 0.4) is 0 Å². The first-order valence-corrected chi connectivity index (χ1v) is 7.24. The molecule has 0 fully saturated rings. The number of hydrogen-bond acceptors (Lipinski definition) is 4. The Balaban J connectivity index is 2.54. The molecule has 4 nitrogen and oxygen atoms in total. The van der Waals surface area contributed by atoms with Gasteiger partial charge in [-0.1, -0.05) is 6.07 Å². The number of aryl methyl sites for hydroxylation is 3. The van der Waals surface area contributed by atoms with E-state index < -0.39 is 0 Å². The van der Waals surface area contributed by atoms with Gasteiger partial charge in [-0.3, -0.25) is 0 Å². The summed E-state index contributed by atoms with van der Waals surface area (Å²) < 4.78 is 5.21. The molecule has 1 N–H and O–H groups in total. The lowest BCUT2D eigenvalue weighted by atomic mass is 10.0. The fourth-order valence-electron chi connectivity index (χ4n) is 2.31. The van der Waals surface area contributed by atoms with Crippen LogP contribution in [0.5, 0.6) is 0 Å². The lowest BCUT2D eigenvalue weighted by Gasteiger charge is -2.12. The molecule has 0 aliphatic rings. The number of ether oxygens (including phenoxy) is 1. The average Bonchev–Trinajstić information content (AvgIpc) is 2.43. The highest BCUT2D eigenvalue weighted by Gasteiger charge is 2.10. The van der Waals surface area contributed by atoms with Gasteiger partial charge in [-0.2, -0.15) is 0 Å². The number of aromatic nitrogens is 2. The van der Waals surface area contributed by atoms with Crippen LogP contribution in [0.15, 0.2) is 18.2 Å². The molecule has 0 aliphatic heterocycles. The lowest BCUT2D eigenvalue weighted by molar-refractivity contribution is 0.181. The molecule has 2 aromatic rings. The van der Waals surface area contributed by atoms with Gasteiger partial charge < -0.3 is 10.1 Å². The van der Waals surface area contributed by atoms with Crippen LogP contribution in [0.1, 0.15) is 29.3 Å². The van der Waals surface area contributed by atoms with E-state index >= 15 is 0 Å². The van der Waals surface area contributed by atoms with E-state index in [2.05, 4.69) is 55.1 Å². The van der Waals surface area contributed by atoms with Crippen molar-refractivity contribution in [1.29, 1.82) is 0 Å². The molecule has 0 saturated carbocycles.